The monoisotopic (exact) mass is 342 g/mol. The molecule has 0 spiro atoms. The number of hydrogen-bond acceptors (Lipinski definition) is 5. The third-order valence-corrected chi connectivity index (χ3v) is 4.02. The van der Waals surface area contributed by atoms with Crippen molar-refractivity contribution in [1.29, 1.82) is 0 Å². The van der Waals surface area contributed by atoms with Crippen LogP contribution < -0.4 is 11.1 Å². The number of halogens is 1. The van der Waals surface area contributed by atoms with Gasteiger partial charge in [0.2, 0.25) is 5.91 Å². The van der Waals surface area contributed by atoms with E-state index < -0.39 is 0 Å². The predicted molar refractivity (Wildman–Crippen MR) is 91.2 cm³/mol. The molecule has 1 aromatic heterocycles. The van der Waals surface area contributed by atoms with Crippen molar-refractivity contribution in [2.45, 2.75) is 58.2 Å². The Morgan fingerprint density at radius 3 is 2.78 bits per heavy atom. The molecular weight excluding hydrogens is 316 g/mol. The molecule has 1 aromatic rings. The summed E-state index contributed by atoms with van der Waals surface area (Å²) >= 11 is 0. The van der Waals surface area contributed by atoms with E-state index in [1.807, 2.05) is 6.92 Å². The fourth-order valence-electron chi connectivity index (χ4n) is 2.72. The van der Waals surface area contributed by atoms with Crippen LogP contribution >= 0.6 is 12.4 Å². The van der Waals surface area contributed by atoms with E-state index in [4.69, 9.17) is 10.5 Å². The second-order valence-corrected chi connectivity index (χ2v) is 5.95. The van der Waals surface area contributed by atoms with E-state index in [1.54, 1.807) is 12.4 Å². The Morgan fingerprint density at radius 1 is 1.39 bits per heavy atom. The summed E-state index contributed by atoms with van der Waals surface area (Å²) < 4.78 is 5.74. The van der Waals surface area contributed by atoms with Gasteiger partial charge in [0, 0.05) is 24.8 Å². The summed E-state index contributed by atoms with van der Waals surface area (Å²) in [5.74, 6) is 0.0154. The van der Waals surface area contributed by atoms with Crippen molar-refractivity contribution < 1.29 is 9.53 Å². The number of carbonyl (C=O) groups excluding carboxylic acids is 1. The van der Waals surface area contributed by atoms with Gasteiger partial charge in [-0.3, -0.25) is 14.8 Å². The van der Waals surface area contributed by atoms with Gasteiger partial charge in [0.25, 0.3) is 0 Å². The van der Waals surface area contributed by atoms with Crippen molar-refractivity contribution in [3.05, 3.63) is 23.8 Å². The molecule has 130 valence electrons. The fourth-order valence-corrected chi connectivity index (χ4v) is 2.72. The van der Waals surface area contributed by atoms with Crippen LogP contribution in [0.3, 0.4) is 0 Å². The average molecular weight is 343 g/mol. The first-order valence-electron chi connectivity index (χ1n) is 8.02. The van der Waals surface area contributed by atoms with Gasteiger partial charge < -0.3 is 15.8 Å². The summed E-state index contributed by atoms with van der Waals surface area (Å²) in [7, 11) is 0. The smallest absolute Gasteiger partial charge is 0.223 e. The number of ether oxygens (including phenoxy) is 1. The Hall–Kier alpha value is -1.24. The molecule has 3 N–H and O–H groups in total. The molecule has 6 nitrogen and oxygen atoms in total. The van der Waals surface area contributed by atoms with Crippen molar-refractivity contribution in [2.75, 3.05) is 6.61 Å². The first-order chi connectivity index (χ1) is 10.6. The zero-order chi connectivity index (χ0) is 15.9. The molecule has 1 heterocycles. The molecule has 1 saturated carbocycles. The Kier molecular flexibility index (Phi) is 8.44. The molecule has 1 fully saturated rings. The first-order valence-corrected chi connectivity index (χ1v) is 8.02. The molecule has 0 unspecified atom stereocenters. The van der Waals surface area contributed by atoms with E-state index >= 15 is 0 Å². The van der Waals surface area contributed by atoms with E-state index in [1.165, 1.54) is 0 Å². The maximum Gasteiger partial charge on any atom is 0.223 e. The van der Waals surface area contributed by atoms with Crippen molar-refractivity contribution in [1.82, 2.24) is 15.3 Å². The largest absolute Gasteiger partial charge is 0.377 e. The molecule has 7 heteroatoms. The van der Waals surface area contributed by atoms with Crippen LogP contribution in [0, 0.1) is 12.8 Å². The van der Waals surface area contributed by atoms with Gasteiger partial charge >= 0.3 is 0 Å². The molecule has 0 saturated heterocycles. The van der Waals surface area contributed by atoms with E-state index in [0.717, 1.165) is 37.3 Å². The lowest BCUT2D eigenvalue weighted by molar-refractivity contribution is -0.127. The third kappa shape index (κ3) is 6.05. The highest BCUT2D eigenvalue weighted by atomic mass is 35.5. The molecule has 0 radical (unpaired) electrons. The standard InChI is InChI=1S/C16H26N4O2.ClH/c1-3-6-22-15-5-4-12(7-14(15)17)16(21)20-10-13-9-18-11(2)8-19-13;/h8-9,12,14-15H,3-7,10,17H2,1-2H3,(H,20,21);1H/t12-,14+,15+;/m0./s1. The zero-order valence-corrected chi connectivity index (χ0v) is 14.6. The van der Waals surface area contributed by atoms with Crippen LogP contribution in [-0.2, 0) is 16.1 Å². The highest BCUT2D eigenvalue weighted by Crippen LogP contribution is 2.26. The van der Waals surface area contributed by atoms with E-state index in [2.05, 4.69) is 22.2 Å². The van der Waals surface area contributed by atoms with E-state index in [-0.39, 0.29) is 36.4 Å². The Morgan fingerprint density at radius 2 is 2.17 bits per heavy atom. The summed E-state index contributed by atoms with van der Waals surface area (Å²) in [5, 5.41) is 2.93. The molecule has 1 aliphatic carbocycles. The number of carbonyl (C=O) groups is 1. The number of aromatic nitrogens is 2. The number of nitrogens with two attached hydrogens (primary N) is 1. The van der Waals surface area contributed by atoms with Gasteiger partial charge in [-0.1, -0.05) is 6.92 Å². The van der Waals surface area contributed by atoms with Crippen molar-refractivity contribution in [2.24, 2.45) is 11.7 Å². The molecule has 1 aliphatic rings. The van der Waals surface area contributed by atoms with Crippen molar-refractivity contribution in [3.8, 4) is 0 Å². The summed E-state index contributed by atoms with van der Waals surface area (Å²) in [6, 6.07) is -0.0600. The van der Waals surface area contributed by atoms with Gasteiger partial charge in [-0.15, -0.1) is 12.4 Å². The highest BCUT2D eigenvalue weighted by molar-refractivity contribution is 5.85. The number of nitrogens with zero attached hydrogens (tertiary/aromatic N) is 2. The van der Waals surface area contributed by atoms with Gasteiger partial charge in [0.15, 0.2) is 0 Å². The minimum Gasteiger partial charge on any atom is -0.377 e. The summed E-state index contributed by atoms with van der Waals surface area (Å²) in [6.45, 7) is 5.11. The highest BCUT2D eigenvalue weighted by Gasteiger charge is 2.32. The number of amides is 1. The predicted octanol–water partition coefficient (Wildman–Crippen LogP) is 1.75. The third-order valence-electron chi connectivity index (χ3n) is 4.02. The minimum absolute atomic E-state index is 0. The van der Waals surface area contributed by atoms with Crippen molar-refractivity contribution in [3.63, 3.8) is 0 Å². The lowest BCUT2D eigenvalue weighted by Crippen LogP contribution is -2.46. The second kappa shape index (κ2) is 9.80. The van der Waals surface area contributed by atoms with E-state index in [9.17, 15) is 4.79 Å². The molecular formula is C16H27ClN4O2. The zero-order valence-electron chi connectivity index (χ0n) is 13.8. The van der Waals surface area contributed by atoms with Gasteiger partial charge in [0.1, 0.15) is 0 Å². The average Bonchev–Trinajstić information content (AvgIpc) is 2.53. The van der Waals surface area contributed by atoms with Crippen LogP contribution in [0.15, 0.2) is 12.4 Å². The first kappa shape index (κ1) is 19.8. The normalized spacial score (nSPS) is 23.9. The van der Waals surface area contributed by atoms with Crippen LogP contribution in [0.5, 0.6) is 0 Å². The topological polar surface area (TPSA) is 90.1 Å². The minimum atomic E-state index is -0.0600. The number of rotatable bonds is 6. The van der Waals surface area contributed by atoms with Crippen LogP contribution in [0.1, 0.15) is 44.0 Å². The van der Waals surface area contributed by atoms with Crippen molar-refractivity contribution >= 4 is 18.3 Å². The van der Waals surface area contributed by atoms with Gasteiger partial charge in [-0.2, -0.15) is 0 Å². The quantitative estimate of drug-likeness (QED) is 0.822. The molecule has 3 atom stereocenters. The van der Waals surface area contributed by atoms with Crippen LogP contribution in [0.2, 0.25) is 0 Å². The molecule has 0 aromatic carbocycles. The van der Waals surface area contributed by atoms with E-state index in [0.29, 0.717) is 13.0 Å². The maximum absolute atomic E-state index is 12.2. The van der Waals surface area contributed by atoms with Gasteiger partial charge in [0.05, 0.1) is 30.2 Å². The summed E-state index contributed by atoms with van der Waals surface area (Å²) in [5.41, 5.74) is 7.78. The fraction of sp³-hybridized carbons (Fsp3) is 0.688. The SMILES string of the molecule is CCCO[C@@H]1CC[C@H](C(=O)NCc2cnc(C)cn2)C[C@H]1N.Cl. The van der Waals surface area contributed by atoms with Gasteiger partial charge in [-0.25, -0.2) is 0 Å². The lowest BCUT2D eigenvalue weighted by Gasteiger charge is -2.33. The van der Waals surface area contributed by atoms with Crippen LogP contribution in [0.25, 0.3) is 0 Å². The number of hydrogen-bond donors (Lipinski definition) is 2. The van der Waals surface area contributed by atoms with Crippen LogP contribution in [0.4, 0.5) is 0 Å². The molecule has 0 aliphatic heterocycles. The lowest BCUT2D eigenvalue weighted by atomic mass is 9.83. The van der Waals surface area contributed by atoms with Gasteiger partial charge in [-0.05, 0) is 32.6 Å². The summed E-state index contributed by atoms with van der Waals surface area (Å²) in [6.07, 6.45) is 6.83. The second-order valence-electron chi connectivity index (χ2n) is 5.95. The van der Waals surface area contributed by atoms with Crippen LogP contribution in [-0.4, -0.2) is 34.6 Å². The molecule has 1 amide bonds. The number of nitrogens with one attached hydrogen (secondary N) is 1. The summed E-state index contributed by atoms with van der Waals surface area (Å²) in [4.78, 5) is 20.7. The molecule has 2 rings (SSSR count). The maximum atomic E-state index is 12.2. The Bertz CT molecular complexity index is 483. The Labute approximate surface area is 144 Å². The molecule has 23 heavy (non-hydrogen) atoms. The molecule has 0 bridgehead atoms. The Balaban J connectivity index is 0.00000264. The number of aryl methyl sites for hydroxylation is 1.